The number of rotatable bonds is 4. The standard InChI is InChI=1S/C16H19BrN4O4S/c1-26(24,25)21-6-2-3-12(8-21)19-15(22)9-20-10-18-14-5-4-11(17)7-13(14)16(20)23/h4-5,7,10,12H,2-3,6,8-9H2,1H3,(H,19,22). The van der Waals surface area contributed by atoms with Gasteiger partial charge in [-0.2, -0.15) is 0 Å². The van der Waals surface area contributed by atoms with Gasteiger partial charge in [-0.05, 0) is 31.0 Å². The van der Waals surface area contributed by atoms with E-state index in [-0.39, 0.29) is 30.6 Å². The van der Waals surface area contributed by atoms with Crippen LogP contribution in [0.3, 0.4) is 0 Å². The minimum atomic E-state index is -3.28. The third-order valence-electron chi connectivity index (χ3n) is 4.32. The zero-order valence-corrected chi connectivity index (χ0v) is 16.6. The molecule has 140 valence electrons. The Labute approximate surface area is 159 Å². The van der Waals surface area contributed by atoms with Gasteiger partial charge in [-0.3, -0.25) is 14.2 Å². The summed E-state index contributed by atoms with van der Waals surface area (Å²) in [4.78, 5) is 29.0. The first-order chi connectivity index (χ1) is 12.2. The van der Waals surface area contributed by atoms with Crippen molar-refractivity contribution >= 4 is 42.8 Å². The highest BCUT2D eigenvalue weighted by Gasteiger charge is 2.26. The van der Waals surface area contributed by atoms with Crippen molar-refractivity contribution in [2.75, 3.05) is 19.3 Å². The lowest BCUT2D eigenvalue weighted by molar-refractivity contribution is -0.122. The highest BCUT2D eigenvalue weighted by molar-refractivity contribution is 9.10. The molecule has 2 heterocycles. The van der Waals surface area contributed by atoms with Gasteiger partial charge in [0.2, 0.25) is 15.9 Å². The number of piperidine rings is 1. The van der Waals surface area contributed by atoms with Crippen molar-refractivity contribution in [3.8, 4) is 0 Å². The van der Waals surface area contributed by atoms with E-state index in [2.05, 4.69) is 26.2 Å². The third-order valence-corrected chi connectivity index (χ3v) is 6.08. The highest BCUT2D eigenvalue weighted by atomic mass is 79.9. The Kier molecular flexibility index (Phi) is 5.44. The molecular formula is C16H19BrN4O4S. The van der Waals surface area contributed by atoms with Crippen molar-refractivity contribution in [3.63, 3.8) is 0 Å². The van der Waals surface area contributed by atoms with Gasteiger partial charge in [0.1, 0.15) is 6.54 Å². The number of nitrogens with one attached hydrogen (secondary N) is 1. The molecule has 0 aliphatic carbocycles. The molecule has 1 aromatic carbocycles. The van der Waals surface area contributed by atoms with E-state index < -0.39 is 10.0 Å². The van der Waals surface area contributed by atoms with Crippen molar-refractivity contribution < 1.29 is 13.2 Å². The molecule has 2 aromatic rings. The van der Waals surface area contributed by atoms with Crippen LogP contribution in [0.2, 0.25) is 0 Å². The van der Waals surface area contributed by atoms with Crippen LogP contribution in [0, 0.1) is 0 Å². The third kappa shape index (κ3) is 4.30. The summed E-state index contributed by atoms with van der Waals surface area (Å²) in [6.07, 6.45) is 3.90. The number of sulfonamides is 1. The number of hydrogen-bond donors (Lipinski definition) is 1. The molecule has 26 heavy (non-hydrogen) atoms. The molecule has 1 aliphatic rings. The second kappa shape index (κ2) is 7.45. The highest BCUT2D eigenvalue weighted by Crippen LogP contribution is 2.15. The van der Waals surface area contributed by atoms with Crippen molar-refractivity contribution in [1.29, 1.82) is 0 Å². The van der Waals surface area contributed by atoms with Crippen molar-refractivity contribution in [2.45, 2.75) is 25.4 Å². The second-order valence-corrected chi connectivity index (χ2v) is 9.26. The number of carbonyl (C=O) groups is 1. The lowest BCUT2D eigenvalue weighted by Gasteiger charge is -2.31. The molecular weight excluding hydrogens is 424 g/mol. The Hall–Kier alpha value is -1.78. The second-order valence-electron chi connectivity index (χ2n) is 6.37. The van der Waals surface area contributed by atoms with Gasteiger partial charge in [-0.1, -0.05) is 15.9 Å². The predicted molar refractivity (Wildman–Crippen MR) is 101 cm³/mol. The molecule has 0 radical (unpaired) electrons. The fourth-order valence-electron chi connectivity index (χ4n) is 3.03. The van der Waals surface area contributed by atoms with Gasteiger partial charge in [0.05, 0.1) is 23.5 Å². The fourth-order valence-corrected chi connectivity index (χ4v) is 4.31. The SMILES string of the molecule is CS(=O)(=O)N1CCCC(NC(=O)Cn2cnc3ccc(Br)cc3c2=O)C1. The van der Waals surface area contributed by atoms with E-state index in [1.165, 1.54) is 15.2 Å². The fraction of sp³-hybridized carbons (Fsp3) is 0.438. The molecule has 1 amide bonds. The van der Waals surface area contributed by atoms with E-state index in [1.807, 2.05) is 0 Å². The quantitative estimate of drug-likeness (QED) is 0.750. The van der Waals surface area contributed by atoms with Crippen LogP contribution in [-0.4, -0.2) is 53.6 Å². The van der Waals surface area contributed by atoms with E-state index in [4.69, 9.17) is 0 Å². The van der Waals surface area contributed by atoms with E-state index in [9.17, 15) is 18.0 Å². The summed E-state index contributed by atoms with van der Waals surface area (Å²) >= 11 is 3.32. The molecule has 0 bridgehead atoms. The predicted octanol–water partition coefficient (Wildman–Crippen LogP) is 0.699. The zero-order chi connectivity index (χ0) is 18.9. The number of fused-ring (bicyclic) bond motifs is 1. The van der Waals surface area contributed by atoms with E-state index in [0.717, 1.165) is 10.7 Å². The largest absolute Gasteiger partial charge is 0.350 e. The normalized spacial score (nSPS) is 18.8. The van der Waals surface area contributed by atoms with Crippen LogP contribution in [0.1, 0.15) is 12.8 Å². The molecule has 8 nitrogen and oxygen atoms in total. The maximum absolute atomic E-state index is 12.5. The van der Waals surface area contributed by atoms with Crippen LogP contribution < -0.4 is 10.9 Å². The molecule has 1 atom stereocenters. The molecule has 1 unspecified atom stereocenters. The number of nitrogens with zero attached hydrogens (tertiary/aromatic N) is 3. The molecule has 10 heteroatoms. The lowest BCUT2D eigenvalue weighted by atomic mass is 10.1. The monoisotopic (exact) mass is 442 g/mol. The average Bonchev–Trinajstić information content (AvgIpc) is 2.57. The summed E-state index contributed by atoms with van der Waals surface area (Å²) in [6, 6.07) is 4.93. The molecule has 1 saturated heterocycles. The molecule has 0 spiro atoms. The summed E-state index contributed by atoms with van der Waals surface area (Å²) in [5.74, 6) is -0.344. The summed E-state index contributed by atoms with van der Waals surface area (Å²) in [5, 5.41) is 3.24. The van der Waals surface area contributed by atoms with Crippen LogP contribution in [0.15, 0.2) is 33.8 Å². The van der Waals surface area contributed by atoms with Gasteiger partial charge in [0.15, 0.2) is 0 Å². The maximum atomic E-state index is 12.5. The Balaban J connectivity index is 1.71. The summed E-state index contributed by atoms with van der Waals surface area (Å²) in [5.41, 5.74) is 0.263. The van der Waals surface area contributed by atoms with Gasteiger partial charge in [0.25, 0.3) is 5.56 Å². The Bertz CT molecular complexity index is 1000. The van der Waals surface area contributed by atoms with E-state index in [1.54, 1.807) is 18.2 Å². The summed E-state index contributed by atoms with van der Waals surface area (Å²) in [6.45, 7) is 0.556. The topological polar surface area (TPSA) is 101 Å². The molecule has 3 rings (SSSR count). The van der Waals surface area contributed by atoms with E-state index in [0.29, 0.717) is 30.3 Å². The average molecular weight is 443 g/mol. The minimum absolute atomic E-state index is 0.163. The van der Waals surface area contributed by atoms with Crippen LogP contribution in [0.4, 0.5) is 0 Å². The number of aromatic nitrogens is 2. The van der Waals surface area contributed by atoms with Crippen molar-refractivity contribution in [3.05, 3.63) is 39.4 Å². The number of halogens is 1. The number of benzene rings is 1. The molecule has 1 fully saturated rings. The van der Waals surface area contributed by atoms with Crippen LogP contribution in [-0.2, 0) is 21.4 Å². The number of carbonyl (C=O) groups excluding carboxylic acids is 1. The number of hydrogen-bond acceptors (Lipinski definition) is 5. The molecule has 1 N–H and O–H groups in total. The zero-order valence-electron chi connectivity index (χ0n) is 14.2. The van der Waals surface area contributed by atoms with Crippen LogP contribution >= 0.6 is 15.9 Å². The lowest BCUT2D eigenvalue weighted by Crippen LogP contribution is -2.50. The molecule has 0 saturated carbocycles. The number of amides is 1. The van der Waals surface area contributed by atoms with Gasteiger partial charge in [-0.15, -0.1) is 0 Å². The summed E-state index contributed by atoms with van der Waals surface area (Å²) in [7, 11) is -3.28. The van der Waals surface area contributed by atoms with Gasteiger partial charge in [0, 0.05) is 23.6 Å². The maximum Gasteiger partial charge on any atom is 0.261 e. The van der Waals surface area contributed by atoms with Crippen LogP contribution in [0.25, 0.3) is 10.9 Å². The van der Waals surface area contributed by atoms with E-state index >= 15 is 0 Å². The van der Waals surface area contributed by atoms with Gasteiger partial charge >= 0.3 is 0 Å². The minimum Gasteiger partial charge on any atom is -0.350 e. The first kappa shape index (κ1) is 19.0. The van der Waals surface area contributed by atoms with Crippen molar-refractivity contribution in [2.24, 2.45) is 0 Å². The smallest absolute Gasteiger partial charge is 0.261 e. The first-order valence-corrected chi connectivity index (χ1v) is 10.8. The first-order valence-electron chi connectivity index (χ1n) is 8.13. The molecule has 1 aromatic heterocycles. The van der Waals surface area contributed by atoms with Crippen molar-refractivity contribution in [1.82, 2.24) is 19.2 Å². The Morgan fingerprint density at radius 1 is 1.42 bits per heavy atom. The summed E-state index contributed by atoms with van der Waals surface area (Å²) < 4.78 is 26.7. The molecule has 1 aliphatic heterocycles. The van der Waals surface area contributed by atoms with Gasteiger partial charge < -0.3 is 5.32 Å². The van der Waals surface area contributed by atoms with Gasteiger partial charge in [-0.25, -0.2) is 17.7 Å². The van der Waals surface area contributed by atoms with Crippen LogP contribution in [0.5, 0.6) is 0 Å². The Morgan fingerprint density at radius 3 is 2.92 bits per heavy atom. The Morgan fingerprint density at radius 2 is 2.19 bits per heavy atom.